The van der Waals surface area contributed by atoms with Crippen LogP contribution in [0.15, 0.2) is 59.4 Å². The van der Waals surface area contributed by atoms with Gasteiger partial charge >= 0.3 is 0 Å². The van der Waals surface area contributed by atoms with Crippen molar-refractivity contribution >= 4 is 42.0 Å². The molecule has 3 heterocycles. The van der Waals surface area contributed by atoms with Gasteiger partial charge in [-0.3, -0.25) is 4.79 Å². The SMILES string of the molecule is C=CC1=C(N=C(C)Nc2ccc(C(C)C)cc2)CN(c2cnc3c(c2C)NCCO3)CC1.CCC.CS.O=CO. The number of pyridine rings is 1. The van der Waals surface area contributed by atoms with Crippen LogP contribution in [0.1, 0.15) is 64.5 Å². The summed E-state index contributed by atoms with van der Waals surface area (Å²) in [6, 6.07) is 8.56. The summed E-state index contributed by atoms with van der Waals surface area (Å²) < 4.78 is 5.69. The Bertz CT molecular complexity index is 1130. The number of carboxylic acid groups (broad SMARTS) is 1. The highest BCUT2D eigenvalue weighted by molar-refractivity contribution is 7.79. The first-order valence-corrected chi connectivity index (χ1v) is 14.6. The standard InChI is InChI=1S/C26H33N5O.C3H8.CH2O2.CH4S/c1-6-20-11-13-31(24-15-28-26-25(18(24)4)27-12-14-32-26)16-23(20)30-19(5)29-22-9-7-21(8-10-22)17(2)3;1-3-2;2-1-3;1-2/h6-10,15,17,27H,1,11-14,16H2,2-5H3,(H,29,30);3H2,1-2H3;1H,(H,2,3);2H,1H3. The largest absolute Gasteiger partial charge is 0.483 e. The molecular weight excluding hydrogens is 522 g/mol. The lowest BCUT2D eigenvalue weighted by Crippen LogP contribution is -2.32. The van der Waals surface area contributed by atoms with Gasteiger partial charge in [-0.05, 0) is 55.7 Å². The fraction of sp³-hybridized carbons (Fsp3) is 0.452. The van der Waals surface area contributed by atoms with Crippen molar-refractivity contribution in [2.75, 3.05) is 48.0 Å². The summed E-state index contributed by atoms with van der Waals surface area (Å²) in [5.41, 5.74) is 7.90. The summed E-state index contributed by atoms with van der Waals surface area (Å²) >= 11 is 3.53. The summed E-state index contributed by atoms with van der Waals surface area (Å²) in [5, 5.41) is 13.8. The molecule has 1 aromatic carbocycles. The minimum atomic E-state index is -0.250. The second-order valence-electron chi connectivity index (χ2n) is 9.48. The molecule has 40 heavy (non-hydrogen) atoms. The van der Waals surface area contributed by atoms with Gasteiger partial charge in [0.1, 0.15) is 18.1 Å². The molecule has 1 aromatic heterocycles. The summed E-state index contributed by atoms with van der Waals surface area (Å²) in [6.45, 7) is 19.6. The normalized spacial score (nSPS) is 14.0. The maximum atomic E-state index is 8.36. The fourth-order valence-electron chi connectivity index (χ4n) is 4.21. The fourth-order valence-corrected chi connectivity index (χ4v) is 4.21. The molecule has 2 aromatic rings. The van der Waals surface area contributed by atoms with E-state index in [1.54, 1.807) is 6.26 Å². The second-order valence-corrected chi connectivity index (χ2v) is 9.48. The number of ether oxygens (including phenoxy) is 1. The van der Waals surface area contributed by atoms with E-state index in [0.29, 0.717) is 18.4 Å². The van der Waals surface area contributed by atoms with Gasteiger partial charge < -0.3 is 25.4 Å². The van der Waals surface area contributed by atoms with Crippen LogP contribution in [0.4, 0.5) is 17.1 Å². The third-order valence-electron chi connectivity index (χ3n) is 6.07. The molecule has 0 saturated heterocycles. The van der Waals surface area contributed by atoms with Crippen LogP contribution in [-0.2, 0) is 4.79 Å². The van der Waals surface area contributed by atoms with Crippen LogP contribution in [0.5, 0.6) is 5.88 Å². The Morgan fingerprint density at radius 2 is 1.93 bits per heavy atom. The topological polar surface area (TPSA) is 99.1 Å². The summed E-state index contributed by atoms with van der Waals surface area (Å²) in [4.78, 5) is 20.2. The Morgan fingerprint density at radius 3 is 2.50 bits per heavy atom. The third kappa shape index (κ3) is 10.3. The van der Waals surface area contributed by atoms with Crippen molar-refractivity contribution in [3.05, 3.63) is 65.5 Å². The van der Waals surface area contributed by atoms with Gasteiger partial charge in [0.05, 0.1) is 24.1 Å². The maximum absolute atomic E-state index is 8.36. The van der Waals surface area contributed by atoms with Crippen molar-refractivity contribution in [3.8, 4) is 5.88 Å². The predicted molar refractivity (Wildman–Crippen MR) is 174 cm³/mol. The molecule has 0 bridgehead atoms. The van der Waals surface area contributed by atoms with Crippen LogP contribution in [-0.4, -0.2) is 54.9 Å². The first-order chi connectivity index (χ1) is 19.3. The number of fused-ring (bicyclic) bond motifs is 1. The number of aromatic nitrogens is 1. The lowest BCUT2D eigenvalue weighted by Gasteiger charge is -2.32. The Kier molecular flexibility index (Phi) is 16.2. The number of rotatable bonds is 5. The van der Waals surface area contributed by atoms with Gasteiger partial charge in [-0.2, -0.15) is 12.6 Å². The molecule has 2 aliphatic heterocycles. The quantitative estimate of drug-likeness (QED) is 0.131. The van der Waals surface area contributed by atoms with E-state index in [1.165, 1.54) is 23.1 Å². The zero-order valence-corrected chi connectivity index (χ0v) is 26.0. The van der Waals surface area contributed by atoms with Crippen molar-refractivity contribution in [1.29, 1.82) is 0 Å². The maximum Gasteiger partial charge on any atom is 0.290 e. The Hall–Kier alpha value is -3.46. The van der Waals surface area contributed by atoms with E-state index in [0.717, 1.165) is 54.6 Å². The highest BCUT2D eigenvalue weighted by Crippen LogP contribution is 2.36. The van der Waals surface area contributed by atoms with Crippen molar-refractivity contribution < 1.29 is 14.6 Å². The summed E-state index contributed by atoms with van der Waals surface area (Å²) in [7, 11) is 0. The van der Waals surface area contributed by atoms with Crippen LogP contribution < -0.4 is 20.3 Å². The average molecular weight is 570 g/mol. The number of hydrogen-bond acceptors (Lipinski definition) is 7. The molecule has 0 aliphatic carbocycles. The lowest BCUT2D eigenvalue weighted by atomic mass is 10.0. The zero-order valence-electron chi connectivity index (χ0n) is 25.1. The average Bonchev–Trinajstić information content (AvgIpc) is 2.95. The first-order valence-electron chi connectivity index (χ1n) is 13.7. The number of nitrogens with one attached hydrogen (secondary N) is 2. The lowest BCUT2D eigenvalue weighted by molar-refractivity contribution is -0.122. The van der Waals surface area contributed by atoms with Gasteiger partial charge in [-0.15, -0.1) is 0 Å². The molecule has 220 valence electrons. The third-order valence-corrected chi connectivity index (χ3v) is 6.07. The van der Waals surface area contributed by atoms with E-state index in [9.17, 15) is 0 Å². The monoisotopic (exact) mass is 569 g/mol. The number of allylic oxidation sites excluding steroid dienone is 1. The van der Waals surface area contributed by atoms with E-state index in [1.807, 2.05) is 19.2 Å². The van der Waals surface area contributed by atoms with Gasteiger partial charge in [0.25, 0.3) is 6.47 Å². The first kappa shape index (κ1) is 34.6. The molecule has 8 nitrogen and oxygen atoms in total. The molecule has 2 aliphatic rings. The van der Waals surface area contributed by atoms with E-state index in [4.69, 9.17) is 19.6 Å². The number of thiol groups is 1. The van der Waals surface area contributed by atoms with Crippen LogP contribution in [0.2, 0.25) is 0 Å². The molecule has 9 heteroatoms. The Labute approximate surface area is 246 Å². The smallest absolute Gasteiger partial charge is 0.290 e. The summed E-state index contributed by atoms with van der Waals surface area (Å²) in [6.07, 6.45) is 7.70. The number of benzene rings is 1. The summed E-state index contributed by atoms with van der Waals surface area (Å²) in [5.74, 6) is 2.09. The number of anilines is 3. The van der Waals surface area contributed by atoms with Gasteiger partial charge in [0.15, 0.2) is 0 Å². The number of nitrogens with zero attached hydrogens (tertiary/aromatic N) is 3. The van der Waals surface area contributed by atoms with Crippen molar-refractivity contribution in [2.45, 2.75) is 60.3 Å². The van der Waals surface area contributed by atoms with Gasteiger partial charge in [-0.1, -0.05) is 58.9 Å². The molecule has 0 amide bonds. The minimum absolute atomic E-state index is 0.250. The molecule has 0 fully saturated rings. The number of carbonyl (C=O) groups is 1. The molecule has 0 saturated carbocycles. The molecule has 0 spiro atoms. The van der Waals surface area contributed by atoms with Crippen molar-refractivity contribution in [2.24, 2.45) is 4.99 Å². The Morgan fingerprint density at radius 1 is 1.30 bits per heavy atom. The molecule has 3 N–H and O–H groups in total. The van der Waals surface area contributed by atoms with Crippen LogP contribution in [0, 0.1) is 6.92 Å². The van der Waals surface area contributed by atoms with Crippen molar-refractivity contribution in [1.82, 2.24) is 4.98 Å². The molecule has 4 rings (SSSR count). The molecule has 0 radical (unpaired) electrons. The highest BCUT2D eigenvalue weighted by atomic mass is 32.1. The van der Waals surface area contributed by atoms with Gasteiger partial charge in [-0.25, -0.2) is 9.98 Å². The number of amidine groups is 1. The van der Waals surface area contributed by atoms with Crippen molar-refractivity contribution in [3.63, 3.8) is 0 Å². The molecule has 0 unspecified atom stereocenters. The Balaban J connectivity index is 0.000000902. The highest BCUT2D eigenvalue weighted by Gasteiger charge is 2.23. The second kappa shape index (κ2) is 18.8. The van der Waals surface area contributed by atoms with Crippen LogP contribution in [0.3, 0.4) is 0 Å². The number of aliphatic imine (C=N–C) groups is 1. The van der Waals surface area contributed by atoms with E-state index in [2.05, 4.69) is 98.6 Å². The van der Waals surface area contributed by atoms with Crippen LogP contribution in [0.25, 0.3) is 0 Å². The number of hydrogen-bond donors (Lipinski definition) is 4. The molecule has 0 atom stereocenters. The zero-order chi connectivity index (χ0) is 30.1. The molecular formula is C31H47N5O3S. The van der Waals surface area contributed by atoms with E-state index < -0.39 is 0 Å². The van der Waals surface area contributed by atoms with Crippen LogP contribution >= 0.6 is 12.6 Å². The predicted octanol–water partition coefficient (Wildman–Crippen LogP) is 7.16. The minimum Gasteiger partial charge on any atom is -0.483 e. The van der Waals surface area contributed by atoms with E-state index in [-0.39, 0.29) is 6.47 Å². The van der Waals surface area contributed by atoms with Gasteiger partial charge in [0, 0.05) is 24.3 Å². The van der Waals surface area contributed by atoms with E-state index >= 15 is 0 Å². The van der Waals surface area contributed by atoms with Gasteiger partial charge in [0.2, 0.25) is 5.88 Å².